The van der Waals surface area contributed by atoms with Crippen molar-refractivity contribution in [3.05, 3.63) is 33.7 Å². The SMILES string of the molecule is O=c1ccc2c([nH]1)CCCC2NOC1CCCC1. The highest BCUT2D eigenvalue weighted by atomic mass is 16.7. The van der Waals surface area contributed by atoms with Crippen LogP contribution in [0.15, 0.2) is 16.9 Å². The molecule has 0 saturated heterocycles. The van der Waals surface area contributed by atoms with Crippen LogP contribution in [0.5, 0.6) is 0 Å². The van der Waals surface area contributed by atoms with E-state index in [1.165, 1.54) is 18.4 Å². The lowest BCUT2D eigenvalue weighted by molar-refractivity contribution is -0.0437. The molecule has 1 saturated carbocycles. The second-order valence-electron chi connectivity index (χ2n) is 5.34. The van der Waals surface area contributed by atoms with Crippen molar-refractivity contribution in [2.24, 2.45) is 0 Å². The van der Waals surface area contributed by atoms with Crippen LogP contribution in [0.3, 0.4) is 0 Å². The number of H-pyrrole nitrogens is 1. The number of hydrogen-bond acceptors (Lipinski definition) is 3. The van der Waals surface area contributed by atoms with Gasteiger partial charge in [-0.25, -0.2) is 0 Å². The molecule has 1 unspecified atom stereocenters. The van der Waals surface area contributed by atoms with Gasteiger partial charge in [0.15, 0.2) is 0 Å². The first-order chi connectivity index (χ1) is 8.83. The molecule has 2 aliphatic rings. The fraction of sp³-hybridized carbons (Fsp3) is 0.643. The number of fused-ring (bicyclic) bond motifs is 1. The number of pyridine rings is 1. The topological polar surface area (TPSA) is 54.1 Å². The van der Waals surface area contributed by atoms with E-state index in [1.807, 2.05) is 6.07 Å². The monoisotopic (exact) mass is 248 g/mol. The van der Waals surface area contributed by atoms with Crippen molar-refractivity contribution in [3.8, 4) is 0 Å². The summed E-state index contributed by atoms with van der Waals surface area (Å²) in [7, 11) is 0. The molecule has 4 nitrogen and oxygen atoms in total. The highest BCUT2D eigenvalue weighted by Crippen LogP contribution is 2.28. The lowest BCUT2D eigenvalue weighted by atomic mass is 9.92. The van der Waals surface area contributed by atoms with Gasteiger partial charge in [-0.05, 0) is 37.7 Å². The van der Waals surface area contributed by atoms with Gasteiger partial charge in [0.1, 0.15) is 0 Å². The zero-order valence-electron chi connectivity index (χ0n) is 10.6. The second kappa shape index (κ2) is 5.24. The van der Waals surface area contributed by atoms with Crippen LogP contribution in [-0.4, -0.2) is 11.1 Å². The quantitative estimate of drug-likeness (QED) is 0.806. The number of nitrogens with one attached hydrogen (secondary N) is 2. The number of aromatic amines is 1. The molecule has 4 heteroatoms. The Hall–Kier alpha value is -1.13. The molecule has 0 aromatic carbocycles. The van der Waals surface area contributed by atoms with Gasteiger partial charge in [-0.1, -0.05) is 18.9 Å². The van der Waals surface area contributed by atoms with Gasteiger partial charge in [-0.2, -0.15) is 5.48 Å². The average molecular weight is 248 g/mol. The molecule has 3 rings (SSSR count). The lowest BCUT2D eigenvalue weighted by Crippen LogP contribution is -2.30. The molecule has 1 aromatic heterocycles. The van der Waals surface area contributed by atoms with E-state index in [4.69, 9.17) is 4.84 Å². The summed E-state index contributed by atoms with van der Waals surface area (Å²) >= 11 is 0. The van der Waals surface area contributed by atoms with Crippen LogP contribution in [0.1, 0.15) is 55.8 Å². The Labute approximate surface area is 107 Å². The van der Waals surface area contributed by atoms with E-state index in [1.54, 1.807) is 6.07 Å². The first-order valence-corrected chi connectivity index (χ1v) is 6.96. The van der Waals surface area contributed by atoms with Crippen molar-refractivity contribution in [1.29, 1.82) is 0 Å². The summed E-state index contributed by atoms with van der Waals surface area (Å²) in [5.41, 5.74) is 5.47. The number of rotatable bonds is 3. The first kappa shape index (κ1) is 11.9. The number of hydroxylamine groups is 1. The maximum absolute atomic E-state index is 11.3. The van der Waals surface area contributed by atoms with E-state index in [0.29, 0.717) is 6.10 Å². The molecule has 2 N–H and O–H groups in total. The largest absolute Gasteiger partial charge is 0.326 e. The van der Waals surface area contributed by atoms with Crippen molar-refractivity contribution in [2.45, 2.75) is 57.1 Å². The smallest absolute Gasteiger partial charge is 0.248 e. The molecule has 2 aliphatic carbocycles. The van der Waals surface area contributed by atoms with Gasteiger partial charge in [0.25, 0.3) is 0 Å². The van der Waals surface area contributed by atoms with E-state index < -0.39 is 0 Å². The summed E-state index contributed by atoms with van der Waals surface area (Å²) in [6, 6.07) is 3.77. The highest BCUT2D eigenvalue weighted by molar-refractivity contribution is 5.25. The van der Waals surface area contributed by atoms with E-state index in [-0.39, 0.29) is 11.6 Å². The molecule has 0 spiro atoms. The Morgan fingerprint density at radius 3 is 2.83 bits per heavy atom. The lowest BCUT2D eigenvalue weighted by Gasteiger charge is -2.26. The van der Waals surface area contributed by atoms with Crippen LogP contribution in [-0.2, 0) is 11.3 Å². The Morgan fingerprint density at radius 1 is 1.17 bits per heavy atom. The van der Waals surface area contributed by atoms with Gasteiger partial charge >= 0.3 is 0 Å². The van der Waals surface area contributed by atoms with Crippen LogP contribution < -0.4 is 11.0 Å². The summed E-state index contributed by atoms with van der Waals surface area (Å²) in [4.78, 5) is 20.0. The van der Waals surface area contributed by atoms with Crippen LogP contribution in [0.2, 0.25) is 0 Å². The third-order valence-electron chi connectivity index (χ3n) is 4.01. The molecular weight excluding hydrogens is 228 g/mol. The van der Waals surface area contributed by atoms with Gasteiger partial charge in [-0.3, -0.25) is 9.63 Å². The third-order valence-corrected chi connectivity index (χ3v) is 4.01. The average Bonchev–Trinajstić information content (AvgIpc) is 2.89. The minimum atomic E-state index is -0.00823. The molecule has 18 heavy (non-hydrogen) atoms. The molecule has 0 amide bonds. The van der Waals surface area contributed by atoms with E-state index in [0.717, 1.165) is 37.8 Å². The van der Waals surface area contributed by atoms with Gasteiger partial charge in [-0.15, -0.1) is 0 Å². The van der Waals surface area contributed by atoms with Gasteiger partial charge in [0.05, 0.1) is 12.1 Å². The Kier molecular flexibility index (Phi) is 3.48. The van der Waals surface area contributed by atoms with Crippen molar-refractivity contribution in [3.63, 3.8) is 0 Å². The predicted octanol–water partition coefficient (Wildman–Crippen LogP) is 2.22. The maximum Gasteiger partial charge on any atom is 0.248 e. The molecule has 0 aliphatic heterocycles. The maximum atomic E-state index is 11.3. The molecule has 0 radical (unpaired) electrons. The Balaban J connectivity index is 1.68. The van der Waals surface area contributed by atoms with E-state index in [9.17, 15) is 4.79 Å². The zero-order chi connectivity index (χ0) is 12.4. The van der Waals surface area contributed by atoms with Gasteiger partial charge in [0, 0.05) is 11.8 Å². The zero-order valence-corrected chi connectivity index (χ0v) is 10.6. The minimum Gasteiger partial charge on any atom is -0.326 e. The molecule has 98 valence electrons. The fourth-order valence-electron chi connectivity index (χ4n) is 3.01. The van der Waals surface area contributed by atoms with Gasteiger partial charge in [0.2, 0.25) is 5.56 Å². The fourth-order valence-corrected chi connectivity index (χ4v) is 3.01. The van der Waals surface area contributed by atoms with Crippen LogP contribution in [0, 0.1) is 0 Å². The Morgan fingerprint density at radius 2 is 2.00 bits per heavy atom. The summed E-state index contributed by atoms with van der Waals surface area (Å²) in [5.74, 6) is 0. The second-order valence-corrected chi connectivity index (χ2v) is 5.34. The molecule has 1 fully saturated rings. The van der Waals surface area contributed by atoms with Crippen LogP contribution in [0.4, 0.5) is 0 Å². The summed E-state index contributed by atoms with van der Waals surface area (Å²) < 4.78 is 0. The molecule has 1 heterocycles. The van der Waals surface area contributed by atoms with Crippen LogP contribution >= 0.6 is 0 Å². The Bertz CT molecular complexity index is 463. The molecule has 0 bridgehead atoms. The standard InChI is InChI=1S/C14H20N2O2/c17-14-9-8-11-12(15-14)6-3-7-13(11)16-18-10-4-1-2-5-10/h8-10,13,16H,1-7H2,(H,15,17). The van der Waals surface area contributed by atoms with Crippen molar-refractivity contribution in [2.75, 3.05) is 0 Å². The number of aryl methyl sites for hydroxylation is 1. The number of hydrogen-bond donors (Lipinski definition) is 2. The van der Waals surface area contributed by atoms with E-state index in [2.05, 4.69) is 10.5 Å². The summed E-state index contributed by atoms with van der Waals surface area (Å²) in [6.07, 6.45) is 8.40. The third kappa shape index (κ3) is 2.49. The van der Waals surface area contributed by atoms with Crippen molar-refractivity contribution >= 4 is 0 Å². The summed E-state index contributed by atoms with van der Waals surface area (Å²) in [6.45, 7) is 0. The summed E-state index contributed by atoms with van der Waals surface area (Å²) in [5, 5.41) is 0. The first-order valence-electron chi connectivity index (χ1n) is 6.96. The van der Waals surface area contributed by atoms with Crippen LogP contribution in [0.25, 0.3) is 0 Å². The predicted molar refractivity (Wildman–Crippen MR) is 69.2 cm³/mol. The molecule has 1 aromatic rings. The normalized spacial score (nSPS) is 24.1. The number of aromatic nitrogens is 1. The molecule has 1 atom stereocenters. The van der Waals surface area contributed by atoms with Crippen molar-refractivity contribution in [1.82, 2.24) is 10.5 Å². The minimum absolute atomic E-state index is 0.00823. The highest BCUT2D eigenvalue weighted by Gasteiger charge is 2.23. The molecular formula is C14H20N2O2. The van der Waals surface area contributed by atoms with E-state index >= 15 is 0 Å². The van der Waals surface area contributed by atoms with Gasteiger partial charge < -0.3 is 4.98 Å². The van der Waals surface area contributed by atoms with Crippen molar-refractivity contribution < 1.29 is 4.84 Å².